The van der Waals surface area contributed by atoms with Gasteiger partial charge in [0, 0.05) is 0 Å². The molecule has 4 N–H and O–H groups in total. The van der Waals surface area contributed by atoms with Crippen molar-refractivity contribution >= 4 is 0 Å². The first kappa shape index (κ1) is 37.9. The minimum Gasteiger partial charge on any atom is -0.870 e. The summed E-state index contributed by atoms with van der Waals surface area (Å²) < 4.78 is 0. The van der Waals surface area contributed by atoms with Crippen molar-refractivity contribution in [2.75, 3.05) is 0 Å². The highest BCUT2D eigenvalue weighted by molar-refractivity contribution is 5.14. The van der Waals surface area contributed by atoms with Crippen molar-refractivity contribution in [2.45, 2.75) is 131 Å². The van der Waals surface area contributed by atoms with Crippen molar-refractivity contribution in [3.63, 3.8) is 0 Å². The van der Waals surface area contributed by atoms with Crippen LogP contribution in [0, 0.1) is 29.6 Å². The highest BCUT2D eigenvalue weighted by Gasteiger charge is 2.36. The molecule has 0 unspecified atom stereocenters. The molecule has 2 fully saturated rings. The van der Waals surface area contributed by atoms with Gasteiger partial charge in [-0.25, -0.2) is 0 Å². The molecule has 0 aromatic carbocycles. The summed E-state index contributed by atoms with van der Waals surface area (Å²) in [7, 11) is 0. The van der Waals surface area contributed by atoms with Crippen LogP contribution >= 0.6 is 0 Å². The predicted molar refractivity (Wildman–Crippen MR) is 160 cm³/mol. The third-order valence-electron chi connectivity index (χ3n) is 9.07. The molecular weight excluding hydrogens is 460 g/mol. The molecule has 4 nitrogen and oxygen atoms in total. The standard InChI is InChI=1S/2C11H20O.C10H16O.CH4.H2O/c2*1-8(2)10-5-6-11(4,12)9(3)7-10;1-8(2)9-4-6-10(3,11)7-5-9;;/h2*9-10,12H,1,5-7H2,2-4H3;4,6,9,11H,1,5,7H2,2-3H3;1H4;1H2/p-1/t2*9-,10+,11-;9-,10+;;/m000../s1. The summed E-state index contributed by atoms with van der Waals surface area (Å²) in [5.74, 6) is 2.58. The average Bonchev–Trinajstić information content (AvgIpc) is 2.72. The second-order valence-corrected chi connectivity index (χ2v) is 12.9. The maximum absolute atomic E-state index is 9.91. The number of hydrogen-bond acceptors (Lipinski definition) is 4. The minimum absolute atomic E-state index is 0. The Bertz CT molecular complexity index is 716. The summed E-state index contributed by atoms with van der Waals surface area (Å²) in [5, 5.41) is 29.4. The largest absolute Gasteiger partial charge is 0.870 e. The lowest BCUT2D eigenvalue weighted by Gasteiger charge is -2.39. The normalized spacial score (nSPS) is 38.7. The summed E-state index contributed by atoms with van der Waals surface area (Å²) in [4.78, 5) is 0. The summed E-state index contributed by atoms with van der Waals surface area (Å²) in [6.07, 6.45) is 12.1. The molecule has 0 saturated heterocycles. The SMILES string of the molecule is C.C=C(C)[C@@H]1CC[C@](C)(O)[C@@H](C)C1.C=C(C)[C@@H]1CC[C@](C)(O)[C@@H](C)C1.C=C(C)[C@H]1C=C[C@@](C)(O)CC1.[OH-]. The van der Waals surface area contributed by atoms with Gasteiger partial charge >= 0.3 is 0 Å². The average molecular weight is 522 g/mol. The Kier molecular flexibility index (Phi) is 15.8. The van der Waals surface area contributed by atoms with Crippen LogP contribution in [0.15, 0.2) is 48.6 Å². The molecular formula is C33H61O4-. The first-order valence-electron chi connectivity index (χ1n) is 13.7. The molecule has 0 bridgehead atoms. The van der Waals surface area contributed by atoms with Gasteiger partial charge < -0.3 is 20.8 Å². The Morgan fingerprint density at radius 1 is 0.703 bits per heavy atom. The van der Waals surface area contributed by atoms with Crippen LogP contribution in [-0.2, 0) is 0 Å². The zero-order valence-electron chi connectivity index (χ0n) is 24.6. The van der Waals surface area contributed by atoms with E-state index in [2.05, 4.69) is 53.5 Å². The van der Waals surface area contributed by atoms with Crippen LogP contribution in [0.1, 0.15) is 114 Å². The molecule has 0 radical (unpaired) electrons. The molecule has 0 amide bonds. The first-order chi connectivity index (χ1) is 15.9. The Hall–Kier alpha value is -1.20. The number of hydrogen-bond donors (Lipinski definition) is 3. The lowest BCUT2D eigenvalue weighted by Crippen LogP contribution is -2.38. The molecule has 3 rings (SSSR count). The predicted octanol–water partition coefficient (Wildman–Crippen LogP) is 8.24. The van der Waals surface area contributed by atoms with E-state index < -0.39 is 16.8 Å². The van der Waals surface area contributed by atoms with Crippen LogP contribution in [0.3, 0.4) is 0 Å². The second kappa shape index (κ2) is 15.4. The Morgan fingerprint density at radius 2 is 1.08 bits per heavy atom. The Morgan fingerprint density at radius 3 is 1.32 bits per heavy atom. The molecule has 0 aliphatic heterocycles. The highest BCUT2D eigenvalue weighted by atomic mass is 16.3. The lowest BCUT2D eigenvalue weighted by atomic mass is 9.71. The maximum atomic E-state index is 9.91. The third kappa shape index (κ3) is 12.5. The van der Waals surface area contributed by atoms with Crippen molar-refractivity contribution in [1.29, 1.82) is 0 Å². The molecule has 0 aromatic rings. The van der Waals surface area contributed by atoms with E-state index in [1.54, 1.807) is 0 Å². The van der Waals surface area contributed by atoms with Gasteiger partial charge in [-0.05, 0) is 122 Å². The fourth-order valence-electron chi connectivity index (χ4n) is 5.28. The van der Waals surface area contributed by atoms with Gasteiger partial charge in [0.15, 0.2) is 0 Å². The second-order valence-electron chi connectivity index (χ2n) is 12.9. The van der Waals surface area contributed by atoms with E-state index in [9.17, 15) is 15.3 Å². The van der Waals surface area contributed by atoms with Crippen molar-refractivity contribution in [3.05, 3.63) is 48.6 Å². The smallest absolute Gasteiger partial charge is 0.0800 e. The fraction of sp³-hybridized carbons (Fsp3) is 0.758. The van der Waals surface area contributed by atoms with E-state index in [1.807, 2.05) is 33.8 Å². The number of aliphatic hydroxyl groups is 3. The van der Waals surface area contributed by atoms with Crippen LogP contribution in [-0.4, -0.2) is 37.6 Å². The van der Waals surface area contributed by atoms with E-state index in [-0.39, 0.29) is 12.9 Å². The van der Waals surface area contributed by atoms with Crippen LogP contribution in [0.5, 0.6) is 0 Å². The Balaban J connectivity index is 0. The summed E-state index contributed by atoms with van der Waals surface area (Å²) >= 11 is 0. The van der Waals surface area contributed by atoms with Gasteiger partial charge in [-0.15, -0.1) is 0 Å². The molecule has 2 saturated carbocycles. The molecule has 3 aliphatic carbocycles. The number of rotatable bonds is 3. The number of allylic oxidation sites excluding steroid dienone is 4. The van der Waals surface area contributed by atoms with E-state index in [4.69, 9.17) is 0 Å². The van der Waals surface area contributed by atoms with Gasteiger partial charge in [0.05, 0.1) is 16.8 Å². The van der Waals surface area contributed by atoms with Crippen molar-refractivity contribution in [1.82, 2.24) is 0 Å². The van der Waals surface area contributed by atoms with Gasteiger partial charge in [-0.2, -0.15) is 0 Å². The van der Waals surface area contributed by atoms with Crippen LogP contribution in [0.4, 0.5) is 0 Å². The highest BCUT2D eigenvalue weighted by Crippen LogP contribution is 2.40. The van der Waals surface area contributed by atoms with Crippen LogP contribution < -0.4 is 0 Å². The molecule has 0 heterocycles. The zero-order chi connectivity index (χ0) is 27.2. The topological polar surface area (TPSA) is 90.7 Å². The van der Waals surface area contributed by atoms with E-state index in [0.717, 1.165) is 51.4 Å². The monoisotopic (exact) mass is 521 g/mol. The van der Waals surface area contributed by atoms with E-state index in [1.165, 1.54) is 16.7 Å². The lowest BCUT2D eigenvalue weighted by molar-refractivity contribution is -0.0345. The van der Waals surface area contributed by atoms with Gasteiger partial charge in [-0.1, -0.05) is 69.9 Å². The molecule has 0 spiro atoms. The molecule has 8 atom stereocenters. The molecule has 4 heteroatoms. The Labute approximate surface area is 230 Å². The van der Waals surface area contributed by atoms with Crippen molar-refractivity contribution in [3.8, 4) is 0 Å². The first-order valence-corrected chi connectivity index (χ1v) is 13.7. The summed E-state index contributed by atoms with van der Waals surface area (Å²) in [6.45, 7) is 28.1. The summed E-state index contributed by atoms with van der Waals surface area (Å²) in [5.41, 5.74) is 2.29. The summed E-state index contributed by atoms with van der Waals surface area (Å²) in [6, 6.07) is 0. The maximum Gasteiger partial charge on any atom is 0.0800 e. The quantitative estimate of drug-likeness (QED) is 0.326. The van der Waals surface area contributed by atoms with Gasteiger partial charge in [0.25, 0.3) is 0 Å². The molecule has 3 aliphatic rings. The fourth-order valence-corrected chi connectivity index (χ4v) is 5.28. The molecule has 37 heavy (non-hydrogen) atoms. The molecule has 0 aromatic heterocycles. The van der Waals surface area contributed by atoms with Crippen molar-refractivity contribution in [2.24, 2.45) is 29.6 Å². The van der Waals surface area contributed by atoms with E-state index >= 15 is 0 Å². The van der Waals surface area contributed by atoms with E-state index in [0.29, 0.717) is 29.6 Å². The van der Waals surface area contributed by atoms with Crippen molar-refractivity contribution < 1.29 is 20.8 Å². The van der Waals surface area contributed by atoms with Gasteiger partial charge in [-0.3, -0.25) is 0 Å². The van der Waals surface area contributed by atoms with Crippen LogP contribution in [0.25, 0.3) is 0 Å². The zero-order valence-corrected chi connectivity index (χ0v) is 24.6. The van der Waals surface area contributed by atoms with Gasteiger partial charge in [0.2, 0.25) is 0 Å². The molecule has 218 valence electrons. The third-order valence-corrected chi connectivity index (χ3v) is 9.07. The van der Waals surface area contributed by atoms with Gasteiger partial charge in [0.1, 0.15) is 0 Å². The minimum atomic E-state index is -0.577. The van der Waals surface area contributed by atoms with Crippen LogP contribution in [0.2, 0.25) is 0 Å².